The first kappa shape index (κ1) is 13.1. The van der Waals surface area contributed by atoms with Crippen LogP contribution in [0.4, 0.5) is 0 Å². The van der Waals surface area contributed by atoms with E-state index in [1.54, 1.807) is 12.4 Å². The zero-order chi connectivity index (χ0) is 13.8. The fourth-order valence-electron chi connectivity index (χ4n) is 1.76. The zero-order valence-electron chi connectivity index (χ0n) is 10.4. The van der Waals surface area contributed by atoms with Crippen molar-refractivity contribution >= 4 is 23.4 Å². The highest BCUT2D eigenvalue weighted by Crippen LogP contribution is 2.37. The number of aromatic nitrogens is 3. The summed E-state index contributed by atoms with van der Waals surface area (Å²) < 4.78 is 0. The van der Waals surface area contributed by atoms with Crippen LogP contribution in [0.1, 0.15) is 0 Å². The maximum absolute atomic E-state index is 6.48. The van der Waals surface area contributed by atoms with Gasteiger partial charge in [0.1, 0.15) is 11.4 Å². The summed E-state index contributed by atoms with van der Waals surface area (Å²) >= 11 is 8.02. The molecule has 0 spiro atoms. The molecule has 20 heavy (non-hydrogen) atoms. The van der Waals surface area contributed by atoms with E-state index in [2.05, 4.69) is 15.0 Å². The number of benzene rings is 1. The van der Waals surface area contributed by atoms with Crippen LogP contribution in [-0.4, -0.2) is 15.0 Å². The van der Waals surface area contributed by atoms with E-state index in [-0.39, 0.29) is 0 Å². The summed E-state index contributed by atoms with van der Waals surface area (Å²) in [4.78, 5) is 13.4. The van der Waals surface area contributed by atoms with Crippen molar-refractivity contribution in [2.45, 2.75) is 9.92 Å². The van der Waals surface area contributed by atoms with Gasteiger partial charge in [-0.1, -0.05) is 41.6 Å². The molecule has 2 heterocycles. The number of halogens is 1. The molecule has 0 aliphatic rings. The van der Waals surface area contributed by atoms with E-state index in [1.165, 1.54) is 18.1 Å². The number of nitrogens with zero attached hydrogens (tertiary/aromatic N) is 3. The first-order valence-corrected chi connectivity index (χ1v) is 7.18. The Morgan fingerprint density at radius 1 is 0.900 bits per heavy atom. The van der Waals surface area contributed by atoms with Gasteiger partial charge in [-0.15, -0.1) is 0 Å². The molecule has 0 N–H and O–H groups in total. The summed E-state index contributed by atoms with van der Waals surface area (Å²) in [6, 6.07) is 13.5. The molecule has 0 aliphatic carbocycles. The van der Waals surface area contributed by atoms with Crippen LogP contribution < -0.4 is 0 Å². The SMILES string of the molecule is Clc1c(Sc2ccccn2)cccc1-c1ccncn1. The summed E-state index contributed by atoms with van der Waals surface area (Å²) in [7, 11) is 0. The molecule has 0 atom stereocenters. The fraction of sp³-hybridized carbons (Fsp3) is 0. The number of pyridine rings is 1. The van der Waals surface area contributed by atoms with Crippen LogP contribution in [0.25, 0.3) is 11.3 Å². The minimum Gasteiger partial charge on any atom is -0.250 e. The summed E-state index contributed by atoms with van der Waals surface area (Å²) in [6.07, 6.45) is 4.99. The Hall–Kier alpha value is -1.91. The van der Waals surface area contributed by atoms with Crippen LogP contribution in [0.3, 0.4) is 0 Å². The number of hydrogen-bond donors (Lipinski definition) is 0. The molecular weight excluding hydrogens is 290 g/mol. The average molecular weight is 300 g/mol. The Bertz CT molecular complexity index is 705. The number of rotatable bonds is 3. The first-order valence-electron chi connectivity index (χ1n) is 5.98. The standard InChI is InChI=1S/C15H10ClN3S/c16-15-11(12-7-9-17-10-19-12)4-3-5-13(15)20-14-6-1-2-8-18-14/h1-10H. The topological polar surface area (TPSA) is 38.7 Å². The van der Waals surface area contributed by atoms with E-state index in [9.17, 15) is 0 Å². The molecule has 3 aromatic rings. The van der Waals surface area contributed by atoms with E-state index in [4.69, 9.17) is 11.6 Å². The molecule has 98 valence electrons. The smallest absolute Gasteiger partial charge is 0.116 e. The van der Waals surface area contributed by atoms with Gasteiger partial charge in [-0.2, -0.15) is 0 Å². The van der Waals surface area contributed by atoms with Crippen LogP contribution in [-0.2, 0) is 0 Å². The average Bonchev–Trinajstić information content (AvgIpc) is 2.51. The van der Waals surface area contributed by atoms with Crippen molar-refractivity contribution in [1.82, 2.24) is 15.0 Å². The Morgan fingerprint density at radius 2 is 1.85 bits per heavy atom. The largest absolute Gasteiger partial charge is 0.250 e. The van der Waals surface area contributed by atoms with E-state index in [0.29, 0.717) is 5.02 Å². The second-order valence-electron chi connectivity index (χ2n) is 3.98. The van der Waals surface area contributed by atoms with Crippen molar-refractivity contribution in [2.75, 3.05) is 0 Å². The summed E-state index contributed by atoms with van der Waals surface area (Å²) in [5.41, 5.74) is 1.71. The van der Waals surface area contributed by atoms with Crippen LogP contribution in [0.5, 0.6) is 0 Å². The lowest BCUT2D eigenvalue weighted by atomic mass is 10.1. The molecule has 0 saturated heterocycles. The van der Waals surface area contributed by atoms with Crippen molar-refractivity contribution in [3.05, 3.63) is 66.2 Å². The van der Waals surface area contributed by atoms with Crippen molar-refractivity contribution in [3.63, 3.8) is 0 Å². The van der Waals surface area contributed by atoms with Crippen LogP contribution in [0, 0.1) is 0 Å². The highest BCUT2D eigenvalue weighted by molar-refractivity contribution is 7.99. The Labute approximate surface area is 126 Å². The highest BCUT2D eigenvalue weighted by atomic mass is 35.5. The van der Waals surface area contributed by atoms with E-state index in [0.717, 1.165) is 21.2 Å². The van der Waals surface area contributed by atoms with Gasteiger partial charge in [0, 0.05) is 22.9 Å². The third-order valence-corrected chi connectivity index (χ3v) is 4.20. The third kappa shape index (κ3) is 2.81. The molecule has 3 nitrogen and oxygen atoms in total. The van der Waals surface area contributed by atoms with Gasteiger partial charge in [0.15, 0.2) is 0 Å². The maximum atomic E-state index is 6.48. The van der Waals surface area contributed by atoms with Gasteiger partial charge in [-0.05, 0) is 24.3 Å². The van der Waals surface area contributed by atoms with Crippen LogP contribution >= 0.6 is 23.4 Å². The van der Waals surface area contributed by atoms with E-state index < -0.39 is 0 Å². The predicted molar refractivity (Wildman–Crippen MR) is 80.8 cm³/mol. The summed E-state index contributed by atoms with van der Waals surface area (Å²) in [5.74, 6) is 0. The lowest BCUT2D eigenvalue weighted by Crippen LogP contribution is -1.87. The lowest BCUT2D eigenvalue weighted by Gasteiger charge is -2.08. The molecule has 0 amide bonds. The molecule has 5 heteroatoms. The van der Waals surface area contributed by atoms with Crippen molar-refractivity contribution in [3.8, 4) is 11.3 Å². The maximum Gasteiger partial charge on any atom is 0.116 e. The minimum absolute atomic E-state index is 0.682. The molecule has 0 radical (unpaired) electrons. The molecule has 0 saturated carbocycles. The van der Waals surface area contributed by atoms with Gasteiger partial charge < -0.3 is 0 Å². The van der Waals surface area contributed by atoms with Gasteiger partial charge >= 0.3 is 0 Å². The predicted octanol–water partition coefficient (Wildman–Crippen LogP) is 4.34. The molecule has 0 unspecified atom stereocenters. The zero-order valence-corrected chi connectivity index (χ0v) is 12.0. The number of hydrogen-bond acceptors (Lipinski definition) is 4. The third-order valence-electron chi connectivity index (χ3n) is 2.67. The second-order valence-corrected chi connectivity index (χ2v) is 5.42. The molecule has 2 aromatic heterocycles. The van der Waals surface area contributed by atoms with E-state index >= 15 is 0 Å². The molecule has 0 fully saturated rings. The Balaban J connectivity index is 1.98. The normalized spacial score (nSPS) is 10.4. The van der Waals surface area contributed by atoms with Crippen molar-refractivity contribution < 1.29 is 0 Å². The summed E-state index contributed by atoms with van der Waals surface area (Å²) in [5, 5.41) is 1.59. The molecule has 0 bridgehead atoms. The Morgan fingerprint density at radius 3 is 2.60 bits per heavy atom. The quantitative estimate of drug-likeness (QED) is 0.721. The Kier molecular flexibility index (Phi) is 3.95. The molecule has 0 aliphatic heterocycles. The highest BCUT2D eigenvalue weighted by Gasteiger charge is 2.10. The van der Waals surface area contributed by atoms with Gasteiger partial charge in [0.25, 0.3) is 0 Å². The first-order chi connectivity index (χ1) is 9.84. The van der Waals surface area contributed by atoms with Gasteiger partial charge in [0.2, 0.25) is 0 Å². The summed E-state index contributed by atoms with van der Waals surface area (Å²) in [6.45, 7) is 0. The monoisotopic (exact) mass is 299 g/mol. The fourth-order valence-corrected chi connectivity index (χ4v) is 2.93. The van der Waals surface area contributed by atoms with Crippen molar-refractivity contribution in [2.24, 2.45) is 0 Å². The van der Waals surface area contributed by atoms with Crippen LogP contribution in [0.2, 0.25) is 5.02 Å². The molecule has 3 rings (SSSR count). The molecular formula is C15H10ClN3S. The molecule has 1 aromatic carbocycles. The van der Waals surface area contributed by atoms with Crippen molar-refractivity contribution in [1.29, 1.82) is 0 Å². The minimum atomic E-state index is 0.682. The lowest BCUT2D eigenvalue weighted by molar-refractivity contribution is 1.13. The van der Waals surface area contributed by atoms with Crippen LogP contribution in [0.15, 0.2) is 71.1 Å². The second kappa shape index (κ2) is 6.03. The van der Waals surface area contributed by atoms with Gasteiger partial charge in [-0.25, -0.2) is 15.0 Å². The van der Waals surface area contributed by atoms with Gasteiger partial charge in [-0.3, -0.25) is 0 Å². The van der Waals surface area contributed by atoms with E-state index in [1.807, 2.05) is 42.5 Å². The van der Waals surface area contributed by atoms with Gasteiger partial charge in [0.05, 0.1) is 10.7 Å².